The molecule has 0 N–H and O–H groups in total. The van der Waals surface area contributed by atoms with Crippen LogP contribution in [0.25, 0.3) is 11.1 Å². The number of aromatic nitrogens is 4. The maximum atomic E-state index is 13.5. The van der Waals surface area contributed by atoms with Crippen LogP contribution in [0.2, 0.25) is 0 Å². The first kappa shape index (κ1) is 20.8. The van der Waals surface area contributed by atoms with E-state index in [4.69, 9.17) is 4.98 Å². The molecule has 0 radical (unpaired) electrons. The van der Waals surface area contributed by atoms with Crippen LogP contribution in [0, 0.1) is 12.7 Å². The number of hydrogen-bond donors (Lipinski definition) is 0. The first-order chi connectivity index (χ1) is 14.9. The molecule has 31 heavy (non-hydrogen) atoms. The van der Waals surface area contributed by atoms with E-state index in [1.54, 1.807) is 24.5 Å². The van der Waals surface area contributed by atoms with Gasteiger partial charge in [-0.15, -0.1) is 0 Å². The van der Waals surface area contributed by atoms with Crippen molar-refractivity contribution in [1.82, 2.24) is 24.8 Å². The molecule has 0 spiro atoms. The zero-order chi connectivity index (χ0) is 22.0. The molecule has 4 rings (SSSR count). The number of anilines is 1. The monoisotopic (exact) mass is 420 g/mol. The van der Waals surface area contributed by atoms with Gasteiger partial charge in [-0.3, -0.25) is 9.78 Å². The van der Waals surface area contributed by atoms with Crippen LogP contribution in [0.15, 0.2) is 42.9 Å². The molecule has 1 amide bonds. The van der Waals surface area contributed by atoms with E-state index in [0.29, 0.717) is 24.7 Å². The highest BCUT2D eigenvalue weighted by atomic mass is 19.1. The Morgan fingerprint density at radius 3 is 2.55 bits per heavy atom. The summed E-state index contributed by atoms with van der Waals surface area (Å²) in [5.41, 5.74) is 3.71. The maximum absolute atomic E-state index is 13.5. The highest BCUT2D eigenvalue weighted by Crippen LogP contribution is 2.34. The Hall–Kier alpha value is -3.42. The van der Waals surface area contributed by atoms with Crippen molar-refractivity contribution in [1.29, 1.82) is 0 Å². The molecule has 1 atom stereocenters. The predicted octanol–water partition coefficient (Wildman–Crippen LogP) is 3.47. The minimum absolute atomic E-state index is 0.0397. The fourth-order valence-electron chi connectivity index (χ4n) is 3.81. The summed E-state index contributed by atoms with van der Waals surface area (Å²) in [4.78, 5) is 34.4. The number of likely N-dealkylation sites (tertiary alicyclic amines) is 1. The number of benzene rings is 1. The summed E-state index contributed by atoms with van der Waals surface area (Å²) < 4.78 is 13.5. The summed E-state index contributed by atoms with van der Waals surface area (Å²) in [5.74, 6) is 0.235. The molecule has 1 fully saturated rings. The molecule has 1 saturated heterocycles. The van der Waals surface area contributed by atoms with Gasteiger partial charge in [0.25, 0.3) is 5.91 Å². The molecule has 7 nitrogen and oxygen atoms in total. The molecule has 1 aliphatic rings. The van der Waals surface area contributed by atoms with Crippen molar-refractivity contribution in [3.05, 3.63) is 65.8 Å². The Labute approximate surface area is 181 Å². The van der Waals surface area contributed by atoms with Gasteiger partial charge in [-0.2, -0.15) is 0 Å². The lowest BCUT2D eigenvalue weighted by molar-refractivity contribution is 0.0699. The van der Waals surface area contributed by atoms with E-state index in [-0.39, 0.29) is 17.6 Å². The normalized spacial score (nSPS) is 16.3. The number of nitrogens with zero attached hydrogens (tertiary/aromatic N) is 6. The molecule has 1 unspecified atom stereocenters. The van der Waals surface area contributed by atoms with Gasteiger partial charge in [0.05, 0.1) is 17.6 Å². The van der Waals surface area contributed by atoms with Crippen LogP contribution < -0.4 is 4.90 Å². The number of aryl methyl sites for hydroxylation is 1. The highest BCUT2D eigenvalue weighted by Gasteiger charge is 2.29. The number of carbonyl (C=O) groups excluding carboxylic acids is 1. The van der Waals surface area contributed by atoms with Gasteiger partial charge in [-0.25, -0.2) is 19.3 Å². The van der Waals surface area contributed by atoms with Gasteiger partial charge in [-0.05, 0) is 37.5 Å². The molecule has 1 aromatic carbocycles. The van der Waals surface area contributed by atoms with E-state index in [1.807, 2.05) is 30.8 Å². The fourth-order valence-corrected chi connectivity index (χ4v) is 3.81. The third-order valence-corrected chi connectivity index (χ3v) is 5.46. The Kier molecular flexibility index (Phi) is 5.88. The van der Waals surface area contributed by atoms with E-state index >= 15 is 0 Å². The van der Waals surface area contributed by atoms with E-state index in [2.05, 4.69) is 15.0 Å². The Balaban J connectivity index is 1.66. The molecule has 160 valence electrons. The molecule has 0 saturated carbocycles. The second-order valence-corrected chi connectivity index (χ2v) is 8.00. The molecule has 0 bridgehead atoms. The molecular weight excluding hydrogens is 395 g/mol. The minimum atomic E-state index is -0.287. The molecule has 3 heterocycles. The Morgan fingerprint density at radius 2 is 1.87 bits per heavy atom. The van der Waals surface area contributed by atoms with Crippen molar-refractivity contribution >= 4 is 11.9 Å². The largest absolute Gasteiger partial charge is 0.347 e. The summed E-state index contributed by atoms with van der Waals surface area (Å²) in [6.07, 6.45) is 6.69. The zero-order valence-electron chi connectivity index (χ0n) is 17.9. The molecule has 2 aromatic heterocycles. The van der Waals surface area contributed by atoms with Crippen LogP contribution in [-0.4, -0.2) is 57.9 Å². The minimum Gasteiger partial charge on any atom is -0.347 e. The third kappa shape index (κ3) is 4.52. The van der Waals surface area contributed by atoms with Gasteiger partial charge in [0, 0.05) is 51.1 Å². The molecule has 8 heteroatoms. The van der Waals surface area contributed by atoms with E-state index in [0.717, 1.165) is 35.4 Å². The predicted molar refractivity (Wildman–Crippen MR) is 116 cm³/mol. The molecule has 3 aromatic rings. The average Bonchev–Trinajstić information content (AvgIpc) is 2.79. The van der Waals surface area contributed by atoms with Crippen LogP contribution >= 0.6 is 0 Å². The number of amides is 1. The van der Waals surface area contributed by atoms with Crippen LogP contribution in [0.1, 0.15) is 40.6 Å². The Bertz CT molecular complexity index is 1070. The third-order valence-electron chi connectivity index (χ3n) is 5.46. The van der Waals surface area contributed by atoms with E-state index in [1.165, 1.54) is 18.3 Å². The van der Waals surface area contributed by atoms with Gasteiger partial charge >= 0.3 is 0 Å². The standard InChI is InChI=1S/C23H25FN6O/c1-15-11-26-20(13-25-15)22(31)30-10-4-5-17(14-30)21-19(12-27-23(28-21)29(2)3)16-6-8-18(24)9-7-16/h6-9,11-13,17H,4-5,10,14H2,1-3H3. The van der Waals surface area contributed by atoms with E-state index in [9.17, 15) is 9.18 Å². The molecular formula is C23H25FN6O. The number of halogens is 1. The van der Waals surface area contributed by atoms with Crippen LogP contribution in [0.3, 0.4) is 0 Å². The number of piperidine rings is 1. The van der Waals surface area contributed by atoms with Gasteiger partial charge in [-0.1, -0.05) is 12.1 Å². The first-order valence-electron chi connectivity index (χ1n) is 10.3. The summed E-state index contributed by atoms with van der Waals surface area (Å²) >= 11 is 0. The quantitative estimate of drug-likeness (QED) is 0.643. The lowest BCUT2D eigenvalue weighted by Crippen LogP contribution is -2.40. The van der Waals surface area contributed by atoms with Crippen molar-refractivity contribution < 1.29 is 9.18 Å². The second kappa shape index (κ2) is 8.75. The summed E-state index contributed by atoms with van der Waals surface area (Å²) in [5, 5.41) is 0. The lowest BCUT2D eigenvalue weighted by atomic mass is 9.89. The molecule has 1 aliphatic heterocycles. The first-order valence-corrected chi connectivity index (χ1v) is 10.3. The van der Waals surface area contributed by atoms with Gasteiger partial charge in [0.2, 0.25) is 5.95 Å². The van der Waals surface area contributed by atoms with Crippen LogP contribution in [0.5, 0.6) is 0 Å². The van der Waals surface area contributed by atoms with Gasteiger partial charge < -0.3 is 9.80 Å². The van der Waals surface area contributed by atoms with E-state index < -0.39 is 0 Å². The fraction of sp³-hybridized carbons (Fsp3) is 0.348. The number of hydrogen-bond acceptors (Lipinski definition) is 6. The van der Waals surface area contributed by atoms with Crippen molar-refractivity contribution in [2.24, 2.45) is 0 Å². The SMILES string of the molecule is Cc1cnc(C(=O)N2CCCC(c3nc(N(C)C)ncc3-c3ccc(F)cc3)C2)cn1. The van der Waals surface area contributed by atoms with Crippen molar-refractivity contribution in [3.63, 3.8) is 0 Å². The number of carbonyl (C=O) groups is 1. The summed E-state index contributed by atoms with van der Waals surface area (Å²) in [6.45, 7) is 3.04. The van der Waals surface area contributed by atoms with Crippen molar-refractivity contribution in [3.8, 4) is 11.1 Å². The Morgan fingerprint density at radius 1 is 1.10 bits per heavy atom. The summed E-state index contributed by atoms with van der Waals surface area (Å²) in [6, 6.07) is 6.35. The summed E-state index contributed by atoms with van der Waals surface area (Å²) in [7, 11) is 3.78. The maximum Gasteiger partial charge on any atom is 0.274 e. The van der Waals surface area contributed by atoms with Crippen LogP contribution in [0.4, 0.5) is 10.3 Å². The molecule has 0 aliphatic carbocycles. The zero-order valence-corrected chi connectivity index (χ0v) is 17.9. The van der Waals surface area contributed by atoms with Crippen molar-refractivity contribution in [2.75, 3.05) is 32.1 Å². The van der Waals surface area contributed by atoms with Gasteiger partial charge in [0.1, 0.15) is 11.5 Å². The smallest absolute Gasteiger partial charge is 0.274 e. The van der Waals surface area contributed by atoms with Crippen molar-refractivity contribution in [2.45, 2.75) is 25.7 Å². The lowest BCUT2D eigenvalue weighted by Gasteiger charge is -2.33. The highest BCUT2D eigenvalue weighted by molar-refractivity contribution is 5.92. The average molecular weight is 420 g/mol. The van der Waals surface area contributed by atoms with Crippen LogP contribution in [-0.2, 0) is 0 Å². The van der Waals surface area contributed by atoms with Gasteiger partial charge in [0.15, 0.2) is 0 Å². The topological polar surface area (TPSA) is 75.1 Å². The number of rotatable bonds is 4. The second-order valence-electron chi connectivity index (χ2n) is 8.00.